The molecule has 1 N–H and O–H groups in total. The van der Waals surface area contributed by atoms with Gasteiger partial charge in [-0.05, 0) is 12.5 Å². The highest BCUT2D eigenvalue weighted by atomic mass is 19.1. The lowest BCUT2D eigenvalue weighted by Gasteiger charge is -2.09. The number of rotatable bonds is 5. The molecule has 4 nitrogen and oxygen atoms in total. The summed E-state index contributed by atoms with van der Waals surface area (Å²) in [5.74, 6) is -1.05. The standard InChI is InChI=1S/C10H11FN2O2/c1-2-3-9(4-5-11)13-7-8(6-12-13)10(14)15/h2,4-7,9H,1,3H2,(H,14,15)/b5-4+. The highest BCUT2D eigenvalue weighted by molar-refractivity contribution is 5.86. The molecule has 1 aromatic heterocycles. The molecule has 1 rings (SSSR count). The molecule has 0 aliphatic carbocycles. The first-order chi connectivity index (χ1) is 7.19. The van der Waals surface area contributed by atoms with Crippen LogP contribution in [-0.4, -0.2) is 20.9 Å². The molecule has 0 saturated heterocycles. The Hall–Kier alpha value is -1.91. The van der Waals surface area contributed by atoms with Crippen LogP contribution < -0.4 is 0 Å². The number of carboxylic acids is 1. The Balaban J connectivity index is 2.90. The highest BCUT2D eigenvalue weighted by Crippen LogP contribution is 2.14. The van der Waals surface area contributed by atoms with Gasteiger partial charge in [0.05, 0.1) is 24.1 Å². The third kappa shape index (κ3) is 2.77. The number of halogens is 1. The van der Waals surface area contributed by atoms with E-state index in [0.717, 1.165) is 0 Å². The summed E-state index contributed by atoms with van der Waals surface area (Å²) in [5.41, 5.74) is 0.0799. The molecule has 80 valence electrons. The molecule has 1 unspecified atom stereocenters. The summed E-state index contributed by atoms with van der Waals surface area (Å²) in [6.07, 6.45) is 6.39. The molecule has 0 bridgehead atoms. The summed E-state index contributed by atoms with van der Waals surface area (Å²) in [6, 6.07) is -0.333. The minimum absolute atomic E-state index is 0.0799. The molecule has 5 heteroatoms. The van der Waals surface area contributed by atoms with Gasteiger partial charge in [0, 0.05) is 6.20 Å². The SMILES string of the molecule is C=CCC(/C=C/F)n1cc(C(=O)O)cn1. The van der Waals surface area contributed by atoms with E-state index in [2.05, 4.69) is 11.7 Å². The van der Waals surface area contributed by atoms with Crippen LogP contribution in [0.4, 0.5) is 4.39 Å². The maximum atomic E-state index is 12.0. The van der Waals surface area contributed by atoms with Gasteiger partial charge < -0.3 is 5.11 Å². The van der Waals surface area contributed by atoms with Crippen LogP contribution in [0, 0.1) is 0 Å². The molecule has 0 saturated carbocycles. The minimum atomic E-state index is -1.05. The van der Waals surface area contributed by atoms with E-state index in [4.69, 9.17) is 5.11 Å². The number of hydrogen-bond donors (Lipinski definition) is 1. The van der Waals surface area contributed by atoms with Crippen LogP contribution in [-0.2, 0) is 0 Å². The van der Waals surface area contributed by atoms with Crippen molar-refractivity contribution in [2.24, 2.45) is 0 Å². The van der Waals surface area contributed by atoms with E-state index >= 15 is 0 Å². The van der Waals surface area contributed by atoms with Crippen LogP contribution in [0.2, 0.25) is 0 Å². The van der Waals surface area contributed by atoms with Crippen molar-refractivity contribution in [2.45, 2.75) is 12.5 Å². The molecule has 0 aromatic carbocycles. The summed E-state index contributed by atoms with van der Waals surface area (Å²) in [7, 11) is 0. The van der Waals surface area contributed by atoms with Crippen molar-refractivity contribution in [1.82, 2.24) is 9.78 Å². The monoisotopic (exact) mass is 210 g/mol. The van der Waals surface area contributed by atoms with Gasteiger partial charge in [0.25, 0.3) is 0 Å². The molecule has 0 fully saturated rings. The highest BCUT2D eigenvalue weighted by Gasteiger charge is 2.10. The van der Waals surface area contributed by atoms with Crippen LogP contribution in [0.5, 0.6) is 0 Å². The van der Waals surface area contributed by atoms with E-state index in [0.29, 0.717) is 12.8 Å². The summed E-state index contributed by atoms with van der Waals surface area (Å²) < 4.78 is 13.4. The maximum absolute atomic E-state index is 12.0. The molecule has 1 heterocycles. The topological polar surface area (TPSA) is 55.1 Å². The van der Waals surface area contributed by atoms with Gasteiger partial charge in [-0.15, -0.1) is 6.58 Å². The summed E-state index contributed by atoms with van der Waals surface area (Å²) in [4.78, 5) is 10.6. The Bertz CT molecular complexity index is 385. The van der Waals surface area contributed by atoms with E-state index in [1.54, 1.807) is 6.08 Å². The van der Waals surface area contributed by atoms with Crippen LogP contribution in [0.1, 0.15) is 22.8 Å². The van der Waals surface area contributed by atoms with Crippen molar-refractivity contribution in [3.05, 3.63) is 43.0 Å². The molecule has 15 heavy (non-hydrogen) atoms. The van der Waals surface area contributed by atoms with Gasteiger partial charge in [-0.2, -0.15) is 5.10 Å². The largest absolute Gasteiger partial charge is 0.478 e. The second kappa shape index (κ2) is 5.09. The molecule has 0 spiro atoms. The maximum Gasteiger partial charge on any atom is 0.338 e. The molecule has 0 aliphatic rings. The minimum Gasteiger partial charge on any atom is -0.478 e. The number of aromatic carboxylic acids is 1. The smallest absolute Gasteiger partial charge is 0.338 e. The van der Waals surface area contributed by atoms with Crippen molar-refractivity contribution in [1.29, 1.82) is 0 Å². The average molecular weight is 210 g/mol. The van der Waals surface area contributed by atoms with Gasteiger partial charge in [-0.1, -0.05) is 6.08 Å². The third-order valence-electron chi connectivity index (χ3n) is 1.89. The fourth-order valence-electron chi connectivity index (χ4n) is 1.16. The van der Waals surface area contributed by atoms with Crippen molar-refractivity contribution >= 4 is 5.97 Å². The number of carbonyl (C=O) groups is 1. The fourth-order valence-corrected chi connectivity index (χ4v) is 1.16. The quantitative estimate of drug-likeness (QED) is 0.758. The van der Waals surface area contributed by atoms with E-state index in [9.17, 15) is 9.18 Å². The van der Waals surface area contributed by atoms with Crippen LogP contribution in [0.25, 0.3) is 0 Å². The van der Waals surface area contributed by atoms with Crippen LogP contribution in [0.15, 0.2) is 37.5 Å². The van der Waals surface area contributed by atoms with E-state index in [1.165, 1.54) is 23.2 Å². The first-order valence-electron chi connectivity index (χ1n) is 4.34. The van der Waals surface area contributed by atoms with Crippen molar-refractivity contribution in [3.8, 4) is 0 Å². The van der Waals surface area contributed by atoms with Crippen molar-refractivity contribution < 1.29 is 14.3 Å². The Morgan fingerprint density at radius 3 is 3.00 bits per heavy atom. The number of hydrogen-bond acceptors (Lipinski definition) is 2. The second-order valence-corrected chi connectivity index (χ2v) is 2.92. The average Bonchev–Trinajstić information content (AvgIpc) is 2.66. The Kier molecular flexibility index (Phi) is 3.79. The second-order valence-electron chi connectivity index (χ2n) is 2.92. The zero-order chi connectivity index (χ0) is 11.3. The Morgan fingerprint density at radius 2 is 2.53 bits per heavy atom. The van der Waals surface area contributed by atoms with Crippen LogP contribution >= 0.6 is 0 Å². The fraction of sp³-hybridized carbons (Fsp3) is 0.200. The normalized spacial score (nSPS) is 12.9. The lowest BCUT2D eigenvalue weighted by molar-refractivity contribution is 0.0697. The molecule has 0 radical (unpaired) electrons. The number of nitrogens with zero attached hydrogens (tertiary/aromatic N) is 2. The molecular weight excluding hydrogens is 199 g/mol. The molecular formula is C10H11FN2O2. The van der Waals surface area contributed by atoms with E-state index in [-0.39, 0.29) is 11.6 Å². The van der Waals surface area contributed by atoms with Crippen LogP contribution in [0.3, 0.4) is 0 Å². The van der Waals surface area contributed by atoms with Crippen molar-refractivity contribution in [2.75, 3.05) is 0 Å². The number of carboxylic acid groups (broad SMARTS) is 1. The van der Waals surface area contributed by atoms with Gasteiger partial charge in [-0.25, -0.2) is 9.18 Å². The predicted molar refractivity (Wildman–Crippen MR) is 53.3 cm³/mol. The molecule has 0 amide bonds. The van der Waals surface area contributed by atoms with Crippen molar-refractivity contribution in [3.63, 3.8) is 0 Å². The summed E-state index contributed by atoms with van der Waals surface area (Å²) in [5, 5.41) is 12.5. The predicted octanol–water partition coefficient (Wildman–Crippen LogP) is 2.18. The zero-order valence-corrected chi connectivity index (χ0v) is 8.01. The first-order valence-corrected chi connectivity index (χ1v) is 4.34. The zero-order valence-electron chi connectivity index (χ0n) is 8.01. The summed E-state index contributed by atoms with van der Waals surface area (Å²) in [6.45, 7) is 3.54. The lowest BCUT2D eigenvalue weighted by atomic mass is 10.2. The van der Waals surface area contributed by atoms with Gasteiger partial charge in [0.1, 0.15) is 0 Å². The van der Waals surface area contributed by atoms with Gasteiger partial charge in [0.2, 0.25) is 0 Å². The molecule has 1 atom stereocenters. The molecule has 0 aliphatic heterocycles. The van der Waals surface area contributed by atoms with E-state index < -0.39 is 5.97 Å². The van der Waals surface area contributed by atoms with Gasteiger partial charge >= 0.3 is 5.97 Å². The van der Waals surface area contributed by atoms with E-state index in [1.807, 2.05) is 0 Å². The van der Waals surface area contributed by atoms with Gasteiger partial charge in [-0.3, -0.25) is 4.68 Å². The first kappa shape index (κ1) is 11.2. The molecule has 1 aromatic rings. The Morgan fingerprint density at radius 1 is 1.80 bits per heavy atom. The Labute approximate surface area is 86.3 Å². The lowest BCUT2D eigenvalue weighted by Crippen LogP contribution is -2.06. The number of allylic oxidation sites excluding steroid dienone is 2. The third-order valence-corrected chi connectivity index (χ3v) is 1.89. The number of aromatic nitrogens is 2. The summed E-state index contributed by atoms with van der Waals surface area (Å²) >= 11 is 0. The van der Waals surface area contributed by atoms with Gasteiger partial charge in [0.15, 0.2) is 0 Å².